The van der Waals surface area contributed by atoms with E-state index in [1.54, 1.807) is 18.2 Å². The summed E-state index contributed by atoms with van der Waals surface area (Å²) in [6, 6.07) is 0. The van der Waals surface area contributed by atoms with Crippen LogP contribution in [0, 0.1) is 0 Å². The zero-order chi connectivity index (χ0) is 9.40. The Morgan fingerprint density at radius 3 is 2.00 bits per heavy atom. The Kier molecular flexibility index (Phi) is 5.28. The van der Waals surface area contributed by atoms with Gasteiger partial charge in [-0.3, -0.25) is 4.99 Å². The number of hydrogen-bond donors (Lipinski definition) is 0. The molecule has 0 spiro atoms. The van der Waals surface area contributed by atoms with E-state index in [1.165, 1.54) is 6.20 Å². The van der Waals surface area contributed by atoms with Crippen molar-refractivity contribution in [3.8, 4) is 0 Å². The minimum atomic E-state index is 0.750. The highest BCUT2D eigenvalue weighted by molar-refractivity contribution is 6.10. The predicted octanol–water partition coefficient (Wildman–Crippen LogP) is 3.06. The van der Waals surface area contributed by atoms with Gasteiger partial charge in [-0.1, -0.05) is 44.5 Å². The number of allylic oxidation sites excluding steroid dienone is 5. The van der Waals surface area contributed by atoms with Crippen molar-refractivity contribution in [2.75, 3.05) is 0 Å². The van der Waals surface area contributed by atoms with Crippen molar-refractivity contribution >= 4 is 5.71 Å². The molecule has 1 heteroatoms. The highest BCUT2D eigenvalue weighted by Gasteiger charge is 1.94. The molecule has 0 heterocycles. The van der Waals surface area contributed by atoms with Crippen LogP contribution >= 0.6 is 0 Å². The van der Waals surface area contributed by atoms with Crippen molar-refractivity contribution in [2.24, 2.45) is 4.99 Å². The van der Waals surface area contributed by atoms with Crippen LogP contribution in [-0.4, -0.2) is 5.71 Å². The molecule has 12 heavy (non-hydrogen) atoms. The fraction of sp³-hybridized carbons (Fsp3) is 0. The summed E-state index contributed by atoms with van der Waals surface area (Å²) < 4.78 is 0. The van der Waals surface area contributed by atoms with Gasteiger partial charge in [0, 0.05) is 6.20 Å². The van der Waals surface area contributed by atoms with Crippen LogP contribution in [0.4, 0.5) is 0 Å². The number of nitrogens with zero attached hydrogens (tertiary/aromatic N) is 1. The first-order valence-corrected chi connectivity index (χ1v) is 3.56. The lowest BCUT2D eigenvalue weighted by Crippen LogP contribution is -1.94. The third kappa shape index (κ3) is 2.97. The van der Waals surface area contributed by atoms with Gasteiger partial charge >= 0.3 is 0 Å². The largest absolute Gasteiger partial charge is 0.257 e. The van der Waals surface area contributed by atoms with Crippen molar-refractivity contribution in [1.29, 1.82) is 0 Å². The summed E-state index contributed by atoms with van der Waals surface area (Å²) in [4.78, 5) is 4.01. The zero-order valence-corrected chi connectivity index (χ0v) is 7.16. The fourth-order valence-electron chi connectivity index (χ4n) is 0.728. The molecule has 0 aromatic heterocycles. The van der Waals surface area contributed by atoms with Crippen LogP contribution in [0.25, 0.3) is 0 Å². The number of aliphatic imine (C=N–C) groups is 1. The minimum Gasteiger partial charge on any atom is -0.257 e. The van der Waals surface area contributed by atoms with Crippen LogP contribution in [0.5, 0.6) is 0 Å². The second-order valence-electron chi connectivity index (χ2n) is 1.96. The van der Waals surface area contributed by atoms with Gasteiger partial charge in [0.2, 0.25) is 0 Å². The maximum atomic E-state index is 4.01. The maximum absolute atomic E-state index is 4.01. The molecule has 0 aromatic carbocycles. The highest BCUT2D eigenvalue weighted by Crippen LogP contribution is 2.01. The van der Waals surface area contributed by atoms with Crippen molar-refractivity contribution in [3.05, 3.63) is 62.4 Å². The van der Waals surface area contributed by atoms with E-state index in [-0.39, 0.29) is 0 Å². The van der Waals surface area contributed by atoms with Crippen LogP contribution in [0.2, 0.25) is 0 Å². The lowest BCUT2D eigenvalue weighted by molar-refractivity contribution is 1.57. The third-order valence-corrected chi connectivity index (χ3v) is 1.24. The van der Waals surface area contributed by atoms with Crippen molar-refractivity contribution < 1.29 is 0 Å². The first-order valence-electron chi connectivity index (χ1n) is 3.56. The molecular formula is C11H13N. The smallest absolute Gasteiger partial charge is 0.0695 e. The van der Waals surface area contributed by atoms with E-state index in [9.17, 15) is 0 Å². The molecule has 62 valence electrons. The van der Waals surface area contributed by atoms with Crippen LogP contribution in [-0.2, 0) is 0 Å². The standard InChI is InChI=1S/C11H13N/c1-5-9-10(6-2)11(7-3)12-8-4/h5-9H,1-4H2/b10-9-,12-11-. The van der Waals surface area contributed by atoms with Crippen molar-refractivity contribution in [3.63, 3.8) is 0 Å². The predicted molar refractivity (Wildman–Crippen MR) is 56.3 cm³/mol. The van der Waals surface area contributed by atoms with Crippen LogP contribution in [0.15, 0.2) is 67.4 Å². The van der Waals surface area contributed by atoms with Gasteiger partial charge in [0.15, 0.2) is 0 Å². The normalized spacial score (nSPS) is 12.0. The van der Waals surface area contributed by atoms with Crippen molar-refractivity contribution in [2.45, 2.75) is 0 Å². The number of hydrogen-bond acceptors (Lipinski definition) is 1. The average molecular weight is 159 g/mol. The zero-order valence-electron chi connectivity index (χ0n) is 7.16. The molecule has 0 amide bonds. The molecule has 0 unspecified atom stereocenters. The van der Waals surface area contributed by atoms with E-state index >= 15 is 0 Å². The molecule has 0 fully saturated rings. The second kappa shape index (κ2) is 6.10. The molecule has 0 rings (SSSR count). The lowest BCUT2D eigenvalue weighted by atomic mass is 10.1. The van der Waals surface area contributed by atoms with Gasteiger partial charge in [-0.15, -0.1) is 0 Å². The van der Waals surface area contributed by atoms with E-state index in [0.29, 0.717) is 0 Å². The molecule has 0 saturated heterocycles. The Morgan fingerprint density at radius 1 is 1.00 bits per heavy atom. The van der Waals surface area contributed by atoms with E-state index in [2.05, 4.69) is 31.3 Å². The molecule has 0 aromatic rings. The van der Waals surface area contributed by atoms with E-state index in [4.69, 9.17) is 0 Å². The van der Waals surface area contributed by atoms with Gasteiger partial charge in [-0.05, 0) is 11.6 Å². The maximum Gasteiger partial charge on any atom is 0.0695 e. The topological polar surface area (TPSA) is 12.4 Å². The molecule has 0 radical (unpaired) electrons. The summed E-state index contributed by atoms with van der Waals surface area (Å²) in [6.07, 6.45) is 8.32. The van der Waals surface area contributed by atoms with E-state index in [0.717, 1.165) is 11.3 Å². The molecule has 0 N–H and O–H groups in total. The molecule has 0 aliphatic rings. The van der Waals surface area contributed by atoms with Crippen LogP contribution in [0.3, 0.4) is 0 Å². The van der Waals surface area contributed by atoms with Gasteiger partial charge in [0.25, 0.3) is 0 Å². The van der Waals surface area contributed by atoms with E-state index < -0.39 is 0 Å². The Balaban J connectivity index is 4.91. The molecule has 0 bridgehead atoms. The summed E-state index contributed by atoms with van der Waals surface area (Å²) in [5, 5.41) is 0. The third-order valence-electron chi connectivity index (χ3n) is 1.24. The fourth-order valence-corrected chi connectivity index (χ4v) is 0.728. The summed E-state index contributed by atoms with van der Waals surface area (Å²) in [7, 11) is 0. The summed E-state index contributed by atoms with van der Waals surface area (Å²) in [6.45, 7) is 14.4. The highest BCUT2D eigenvalue weighted by atomic mass is 14.7. The van der Waals surface area contributed by atoms with Gasteiger partial charge in [0.1, 0.15) is 0 Å². The van der Waals surface area contributed by atoms with Gasteiger partial charge in [-0.25, -0.2) is 0 Å². The average Bonchev–Trinajstić information content (AvgIpc) is 2.11. The molecule has 0 aliphatic heterocycles. The van der Waals surface area contributed by atoms with Gasteiger partial charge in [-0.2, -0.15) is 0 Å². The number of rotatable bonds is 5. The first kappa shape index (κ1) is 10.4. The summed E-state index contributed by atoms with van der Waals surface area (Å²) in [5.74, 6) is 0. The van der Waals surface area contributed by atoms with E-state index in [1.807, 2.05) is 6.08 Å². The summed E-state index contributed by atoms with van der Waals surface area (Å²) in [5.41, 5.74) is 1.64. The molecule has 1 nitrogen and oxygen atoms in total. The van der Waals surface area contributed by atoms with Gasteiger partial charge in [0.05, 0.1) is 5.71 Å². The Morgan fingerprint density at radius 2 is 1.67 bits per heavy atom. The Bertz CT molecular complexity index is 226. The van der Waals surface area contributed by atoms with Crippen LogP contribution < -0.4 is 0 Å². The molecule has 0 aliphatic carbocycles. The Hall–Kier alpha value is -1.63. The molecular weight excluding hydrogens is 146 g/mol. The van der Waals surface area contributed by atoms with Gasteiger partial charge < -0.3 is 0 Å². The minimum absolute atomic E-state index is 0.750. The first-order chi connectivity index (χ1) is 5.79. The lowest BCUT2D eigenvalue weighted by Gasteiger charge is -1.98. The quantitative estimate of drug-likeness (QED) is 0.432. The monoisotopic (exact) mass is 159 g/mol. The molecule has 0 saturated carbocycles. The van der Waals surface area contributed by atoms with Crippen LogP contribution in [0.1, 0.15) is 0 Å². The van der Waals surface area contributed by atoms with Crippen molar-refractivity contribution in [1.82, 2.24) is 0 Å². The molecule has 0 atom stereocenters. The summed E-state index contributed by atoms with van der Waals surface area (Å²) >= 11 is 0. The second-order valence-corrected chi connectivity index (χ2v) is 1.96. The Labute approximate surface area is 73.8 Å². The SMILES string of the molecule is C=C/C=C(C=C)\C(C=C)=N/C=C.